The topological polar surface area (TPSA) is 65.6 Å². The first kappa shape index (κ1) is 21.7. The molecule has 1 aromatic carbocycles. The molecular weight excluding hydrogens is 409 g/mol. The number of aromatic hydroxyl groups is 1. The Hall–Kier alpha value is -2.48. The highest BCUT2D eigenvalue weighted by molar-refractivity contribution is 5.90. The standard InChI is InChI=1S/C23H27F3N2O3/c1-3-28-9-8-22(14-6-5-7-16(29)10-14)12-18-17(11-15(22)13-28)19(23(24,25)26)20(27-18)21(30)31-4-2/h5-7,10,15,27,29H,3-4,8-9,11-13H2,1-2H3. The van der Waals surface area contributed by atoms with Gasteiger partial charge in [0.2, 0.25) is 0 Å². The number of aromatic nitrogens is 1. The van der Waals surface area contributed by atoms with Gasteiger partial charge in [-0.25, -0.2) is 4.79 Å². The fraction of sp³-hybridized carbons (Fsp3) is 0.522. The predicted octanol–water partition coefficient (Wildman–Crippen LogP) is 4.29. The van der Waals surface area contributed by atoms with Crippen molar-refractivity contribution in [1.29, 1.82) is 0 Å². The summed E-state index contributed by atoms with van der Waals surface area (Å²) in [5, 5.41) is 10.1. The molecule has 1 aliphatic heterocycles. The number of alkyl halides is 3. The van der Waals surface area contributed by atoms with Crippen LogP contribution < -0.4 is 0 Å². The van der Waals surface area contributed by atoms with Gasteiger partial charge in [0.05, 0.1) is 12.2 Å². The number of phenolic OH excluding ortho intramolecular Hbond substituents is 1. The van der Waals surface area contributed by atoms with Crippen molar-refractivity contribution in [3.8, 4) is 5.75 Å². The molecule has 0 spiro atoms. The Morgan fingerprint density at radius 3 is 2.77 bits per heavy atom. The van der Waals surface area contributed by atoms with Crippen molar-refractivity contribution in [1.82, 2.24) is 9.88 Å². The molecule has 1 saturated heterocycles. The summed E-state index contributed by atoms with van der Waals surface area (Å²) in [6.07, 6.45) is -3.32. The number of fused-ring (bicyclic) bond motifs is 2. The number of carbonyl (C=O) groups excluding carboxylic acids is 1. The number of piperidine rings is 1. The van der Waals surface area contributed by atoms with Crippen molar-refractivity contribution in [3.05, 3.63) is 52.3 Å². The molecule has 1 fully saturated rings. The third-order valence-electron chi connectivity index (χ3n) is 6.90. The van der Waals surface area contributed by atoms with Gasteiger partial charge >= 0.3 is 12.1 Å². The molecular formula is C23H27F3N2O3. The molecule has 1 aliphatic carbocycles. The number of carbonyl (C=O) groups is 1. The first-order valence-corrected chi connectivity index (χ1v) is 10.7. The SMILES string of the molecule is CCOC(=O)c1[nH]c2c(c1C(F)(F)F)CC1CN(CC)CCC1(c1cccc(O)c1)C2. The fourth-order valence-corrected chi connectivity index (χ4v) is 5.41. The molecule has 2 heterocycles. The second-order valence-corrected chi connectivity index (χ2v) is 8.48. The van der Waals surface area contributed by atoms with Crippen LogP contribution in [-0.4, -0.2) is 47.2 Å². The molecule has 2 unspecified atom stereocenters. The second kappa shape index (κ2) is 7.89. The fourth-order valence-electron chi connectivity index (χ4n) is 5.41. The van der Waals surface area contributed by atoms with E-state index in [-0.39, 0.29) is 30.3 Å². The normalized spacial score (nSPS) is 23.8. The summed E-state index contributed by atoms with van der Waals surface area (Å²) in [5.41, 5.74) is -0.249. The smallest absolute Gasteiger partial charge is 0.419 e. The molecule has 168 valence electrons. The lowest BCUT2D eigenvalue weighted by Gasteiger charge is -2.51. The second-order valence-electron chi connectivity index (χ2n) is 8.48. The van der Waals surface area contributed by atoms with E-state index < -0.39 is 28.8 Å². The Balaban J connectivity index is 1.86. The van der Waals surface area contributed by atoms with E-state index in [1.54, 1.807) is 25.1 Å². The number of likely N-dealkylation sites (tertiary alicyclic amines) is 1. The molecule has 31 heavy (non-hydrogen) atoms. The van der Waals surface area contributed by atoms with Crippen LogP contribution in [0, 0.1) is 5.92 Å². The molecule has 0 bridgehead atoms. The average molecular weight is 436 g/mol. The summed E-state index contributed by atoms with van der Waals surface area (Å²) in [5.74, 6) is -0.903. The van der Waals surface area contributed by atoms with Crippen LogP contribution in [0.2, 0.25) is 0 Å². The summed E-state index contributed by atoms with van der Waals surface area (Å²) >= 11 is 0. The first-order valence-electron chi connectivity index (χ1n) is 10.7. The maximum atomic E-state index is 14.0. The summed E-state index contributed by atoms with van der Waals surface area (Å²) in [6, 6.07) is 7.04. The van der Waals surface area contributed by atoms with E-state index >= 15 is 0 Å². The highest BCUT2D eigenvalue weighted by Gasteiger charge is 2.51. The molecule has 2 atom stereocenters. The van der Waals surface area contributed by atoms with E-state index in [0.717, 1.165) is 25.1 Å². The van der Waals surface area contributed by atoms with E-state index in [4.69, 9.17) is 4.74 Å². The minimum atomic E-state index is -4.66. The molecule has 2 aromatic rings. The highest BCUT2D eigenvalue weighted by Crippen LogP contribution is 2.51. The number of hydrogen-bond acceptors (Lipinski definition) is 4. The number of rotatable bonds is 4. The van der Waals surface area contributed by atoms with E-state index in [1.807, 2.05) is 13.0 Å². The summed E-state index contributed by atoms with van der Waals surface area (Å²) in [6.45, 7) is 5.94. The van der Waals surface area contributed by atoms with Crippen LogP contribution >= 0.6 is 0 Å². The zero-order valence-electron chi connectivity index (χ0n) is 17.7. The lowest BCUT2D eigenvalue weighted by Crippen LogP contribution is -2.53. The van der Waals surface area contributed by atoms with Crippen LogP contribution in [0.5, 0.6) is 5.75 Å². The van der Waals surface area contributed by atoms with Gasteiger partial charge in [-0.2, -0.15) is 13.2 Å². The molecule has 4 rings (SSSR count). The number of halogens is 3. The van der Waals surface area contributed by atoms with Crippen LogP contribution in [-0.2, 0) is 29.2 Å². The molecule has 5 nitrogen and oxygen atoms in total. The monoisotopic (exact) mass is 436 g/mol. The van der Waals surface area contributed by atoms with Crippen molar-refractivity contribution in [2.45, 2.75) is 44.7 Å². The van der Waals surface area contributed by atoms with Crippen molar-refractivity contribution in [3.63, 3.8) is 0 Å². The maximum Gasteiger partial charge on any atom is 0.419 e. The van der Waals surface area contributed by atoms with Crippen LogP contribution in [0.4, 0.5) is 13.2 Å². The largest absolute Gasteiger partial charge is 0.508 e. The van der Waals surface area contributed by atoms with Crippen LogP contribution in [0.3, 0.4) is 0 Å². The molecule has 1 aromatic heterocycles. The quantitative estimate of drug-likeness (QED) is 0.702. The third kappa shape index (κ3) is 3.71. The maximum absolute atomic E-state index is 14.0. The molecule has 0 saturated carbocycles. The van der Waals surface area contributed by atoms with Crippen molar-refractivity contribution < 1.29 is 27.8 Å². The number of benzene rings is 1. The summed E-state index contributed by atoms with van der Waals surface area (Å²) in [7, 11) is 0. The van der Waals surface area contributed by atoms with Gasteiger partial charge < -0.3 is 19.7 Å². The number of H-pyrrole nitrogens is 1. The van der Waals surface area contributed by atoms with Gasteiger partial charge in [-0.15, -0.1) is 0 Å². The van der Waals surface area contributed by atoms with Crippen molar-refractivity contribution >= 4 is 5.97 Å². The number of nitrogens with one attached hydrogen (secondary N) is 1. The number of esters is 1. The zero-order valence-corrected chi connectivity index (χ0v) is 17.7. The minimum Gasteiger partial charge on any atom is -0.508 e. The molecule has 0 radical (unpaired) electrons. The van der Waals surface area contributed by atoms with Crippen LogP contribution in [0.1, 0.15) is 53.1 Å². The Kier molecular flexibility index (Phi) is 5.54. The number of hydrogen-bond donors (Lipinski definition) is 2. The van der Waals surface area contributed by atoms with Crippen LogP contribution in [0.15, 0.2) is 24.3 Å². The number of aromatic amines is 1. The van der Waals surface area contributed by atoms with Gasteiger partial charge in [0.1, 0.15) is 11.4 Å². The first-order chi connectivity index (χ1) is 14.7. The molecule has 0 amide bonds. The van der Waals surface area contributed by atoms with Crippen molar-refractivity contribution in [2.75, 3.05) is 26.2 Å². The lowest BCUT2D eigenvalue weighted by molar-refractivity contribution is -0.138. The van der Waals surface area contributed by atoms with Crippen LogP contribution in [0.25, 0.3) is 0 Å². The molecule has 8 heteroatoms. The van der Waals surface area contributed by atoms with Gasteiger partial charge in [-0.05, 0) is 68.5 Å². The molecule has 2 N–H and O–H groups in total. The number of nitrogens with zero attached hydrogens (tertiary/aromatic N) is 1. The van der Waals surface area contributed by atoms with Gasteiger partial charge in [-0.1, -0.05) is 19.1 Å². The van der Waals surface area contributed by atoms with E-state index in [9.17, 15) is 23.1 Å². The zero-order chi connectivity index (χ0) is 22.4. The predicted molar refractivity (Wildman–Crippen MR) is 109 cm³/mol. The van der Waals surface area contributed by atoms with E-state index in [0.29, 0.717) is 18.7 Å². The van der Waals surface area contributed by atoms with E-state index in [1.165, 1.54) is 0 Å². The van der Waals surface area contributed by atoms with E-state index in [2.05, 4.69) is 9.88 Å². The third-order valence-corrected chi connectivity index (χ3v) is 6.90. The van der Waals surface area contributed by atoms with Gasteiger partial charge in [-0.3, -0.25) is 0 Å². The Labute approximate surface area is 179 Å². The molecule has 2 aliphatic rings. The minimum absolute atomic E-state index is 0.00112. The average Bonchev–Trinajstić information content (AvgIpc) is 3.10. The highest BCUT2D eigenvalue weighted by atomic mass is 19.4. The summed E-state index contributed by atoms with van der Waals surface area (Å²) < 4.78 is 47.0. The van der Waals surface area contributed by atoms with Gasteiger partial charge in [0, 0.05) is 17.7 Å². The van der Waals surface area contributed by atoms with Crippen molar-refractivity contribution in [2.24, 2.45) is 5.92 Å². The lowest BCUT2D eigenvalue weighted by atomic mass is 9.58. The van der Waals surface area contributed by atoms with Gasteiger partial charge in [0.15, 0.2) is 0 Å². The Bertz CT molecular complexity index is 985. The Morgan fingerprint density at radius 2 is 2.13 bits per heavy atom. The van der Waals surface area contributed by atoms with Gasteiger partial charge in [0.25, 0.3) is 0 Å². The Morgan fingerprint density at radius 1 is 1.35 bits per heavy atom. The number of ether oxygens (including phenoxy) is 1. The number of phenols is 1. The summed E-state index contributed by atoms with van der Waals surface area (Å²) in [4.78, 5) is 17.4.